The Balaban J connectivity index is 2.23. The van der Waals surface area contributed by atoms with Gasteiger partial charge in [-0.1, -0.05) is 60.7 Å². The van der Waals surface area contributed by atoms with E-state index in [0.717, 1.165) is 5.56 Å². The summed E-state index contributed by atoms with van der Waals surface area (Å²) in [7, 11) is 3.16. The summed E-state index contributed by atoms with van der Waals surface area (Å²) in [5.74, 6) is -1.12. The molecule has 0 aromatic heterocycles. The van der Waals surface area contributed by atoms with Crippen molar-refractivity contribution in [1.29, 1.82) is 0 Å². The summed E-state index contributed by atoms with van der Waals surface area (Å²) >= 11 is 0. The topological polar surface area (TPSA) is 102 Å². The number of rotatable bonds is 7. The van der Waals surface area contributed by atoms with Gasteiger partial charge >= 0.3 is 12.0 Å². The lowest BCUT2D eigenvalue weighted by Crippen LogP contribution is -2.46. The van der Waals surface area contributed by atoms with E-state index in [4.69, 9.17) is 10.5 Å². The van der Waals surface area contributed by atoms with E-state index in [0.29, 0.717) is 5.56 Å². The van der Waals surface area contributed by atoms with Crippen molar-refractivity contribution in [3.05, 3.63) is 71.8 Å². The van der Waals surface area contributed by atoms with Crippen molar-refractivity contribution in [3.8, 4) is 0 Å². The lowest BCUT2D eigenvalue weighted by atomic mass is 10.1. The fraction of sp³-hybridized carbons (Fsp3) is 0.250. The van der Waals surface area contributed by atoms with E-state index in [9.17, 15) is 14.4 Å². The molecule has 0 bridgehead atoms. The van der Waals surface area contributed by atoms with Gasteiger partial charge in [0, 0.05) is 26.1 Å². The van der Waals surface area contributed by atoms with E-state index >= 15 is 0 Å². The number of hydrogen-bond donors (Lipinski definition) is 2. The molecule has 2 atom stereocenters. The van der Waals surface area contributed by atoms with Crippen LogP contribution in [0.25, 0.3) is 0 Å². The van der Waals surface area contributed by atoms with Crippen molar-refractivity contribution < 1.29 is 19.1 Å². The summed E-state index contributed by atoms with van der Waals surface area (Å²) < 4.78 is 5.49. The highest BCUT2D eigenvalue weighted by molar-refractivity contribution is 5.88. The first-order valence-electron chi connectivity index (χ1n) is 8.45. The Kier molecular flexibility index (Phi) is 6.93. The number of hydrogen-bond acceptors (Lipinski definition) is 4. The Morgan fingerprint density at radius 1 is 1.00 bits per heavy atom. The molecule has 2 aromatic carbocycles. The van der Waals surface area contributed by atoms with Gasteiger partial charge in [-0.2, -0.15) is 0 Å². The molecule has 3 N–H and O–H groups in total. The molecular formula is C20H23N3O4. The number of amides is 3. The molecule has 0 saturated heterocycles. The van der Waals surface area contributed by atoms with E-state index in [1.807, 2.05) is 30.3 Å². The first-order chi connectivity index (χ1) is 12.9. The Morgan fingerprint density at radius 3 is 2.07 bits per heavy atom. The van der Waals surface area contributed by atoms with Gasteiger partial charge in [0.05, 0.1) is 0 Å². The summed E-state index contributed by atoms with van der Waals surface area (Å²) in [6, 6.07) is 16.0. The second-order valence-corrected chi connectivity index (χ2v) is 6.21. The number of primary amides is 1. The van der Waals surface area contributed by atoms with Gasteiger partial charge in [-0.25, -0.2) is 9.59 Å². The molecule has 0 radical (unpaired) electrons. The molecule has 0 unspecified atom stereocenters. The number of nitrogens with one attached hydrogen (secondary N) is 1. The lowest BCUT2D eigenvalue weighted by Gasteiger charge is -2.24. The van der Waals surface area contributed by atoms with Crippen molar-refractivity contribution in [2.75, 3.05) is 14.1 Å². The van der Waals surface area contributed by atoms with Crippen LogP contribution in [0.3, 0.4) is 0 Å². The van der Waals surface area contributed by atoms with E-state index < -0.39 is 24.1 Å². The zero-order valence-corrected chi connectivity index (χ0v) is 15.3. The third kappa shape index (κ3) is 5.85. The van der Waals surface area contributed by atoms with E-state index in [-0.39, 0.29) is 12.3 Å². The molecular weight excluding hydrogens is 346 g/mol. The molecule has 142 valence electrons. The maximum absolute atomic E-state index is 12.7. The second-order valence-electron chi connectivity index (χ2n) is 6.21. The highest BCUT2D eigenvalue weighted by Crippen LogP contribution is 2.20. The molecule has 0 aliphatic heterocycles. The smallest absolute Gasteiger partial charge is 0.330 e. The highest BCUT2D eigenvalue weighted by Gasteiger charge is 2.30. The number of nitrogens with two attached hydrogens (primary N) is 1. The van der Waals surface area contributed by atoms with Gasteiger partial charge in [-0.05, 0) is 5.56 Å². The van der Waals surface area contributed by atoms with Crippen LogP contribution in [0.5, 0.6) is 0 Å². The molecule has 27 heavy (non-hydrogen) atoms. The molecule has 0 aliphatic carbocycles. The number of nitrogens with zero attached hydrogens (tertiary/aromatic N) is 1. The zero-order chi connectivity index (χ0) is 19.8. The van der Waals surface area contributed by atoms with Gasteiger partial charge in [0.1, 0.15) is 6.04 Å². The van der Waals surface area contributed by atoms with E-state index in [1.54, 1.807) is 44.4 Å². The summed E-state index contributed by atoms with van der Waals surface area (Å²) in [4.78, 5) is 37.9. The molecule has 0 saturated carbocycles. The lowest BCUT2D eigenvalue weighted by molar-refractivity contribution is -0.161. The summed E-state index contributed by atoms with van der Waals surface area (Å²) in [5, 5.41) is 2.39. The molecule has 0 spiro atoms. The van der Waals surface area contributed by atoms with Gasteiger partial charge in [-0.15, -0.1) is 0 Å². The number of carbonyl (C=O) groups is 3. The standard InChI is InChI=1S/C20H23N3O4/c1-23(2)18(24)17(15-11-7-4-8-12-15)27-19(25)16(22-20(21)26)13-14-9-5-3-6-10-14/h3-12,16-17H,13H2,1-2H3,(H3,21,22,26)/t16-,17+/m0/s1. The number of urea groups is 1. The Hall–Kier alpha value is -3.35. The Bertz CT molecular complexity index is 778. The van der Waals surface area contributed by atoms with Crippen LogP contribution in [0.4, 0.5) is 4.79 Å². The minimum Gasteiger partial charge on any atom is -0.446 e. The normalized spacial score (nSPS) is 12.5. The number of carbonyl (C=O) groups excluding carboxylic acids is 3. The van der Waals surface area contributed by atoms with Crippen LogP contribution in [-0.2, 0) is 20.7 Å². The maximum Gasteiger partial charge on any atom is 0.330 e. The third-order valence-electron chi connectivity index (χ3n) is 3.89. The van der Waals surface area contributed by atoms with Crippen LogP contribution in [-0.4, -0.2) is 42.9 Å². The summed E-state index contributed by atoms with van der Waals surface area (Å²) in [6.45, 7) is 0. The zero-order valence-electron chi connectivity index (χ0n) is 15.3. The molecule has 2 aromatic rings. The molecule has 3 amide bonds. The van der Waals surface area contributed by atoms with Crippen LogP contribution in [0.1, 0.15) is 17.2 Å². The van der Waals surface area contributed by atoms with Crippen molar-refractivity contribution in [3.63, 3.8) is 0 Å². The minimum absolute atomic E-state index is 0.195. The van der Waals surface area contributed by atoms with Gasteiger partial charge in [0.15, 0.2) is 0 Å². The fourth-order valence-electron chi connectivity index (χ4n) is 2.54. The van der Waals surface area contributed by atoms with Crippen LogP contribution >= 0.6 is 0 Å². The molecule has 7 nitrogen and oxygen atoms in total. The van der Waals surface area contributed by atoms with E-state index in [1.165, 1.54) is 4.90 Å². The Morgan fingerprint density at radius 2 is 1.56 bits per heavy atom. The molecule has 0 fully saturated rings. The quantitative estimate of drug-likeness (QED) is 0.724. The van der Waals surface area contributed by atoms with Crippen molar-refractivity contribution in [2.45, 2.75) is 18.6 Å². The number of benzene rings is 2. The summed E-state index contributed by atoms with van der Waals surface area (Å²) in [5.41, 5.74) is 6.57. The molecule has 0 heterocycles. The van der Waals surface area contributed by atoms with Crippen molar-refractivity contribution in [2.24, 2.45) is 5.73 Å². The van der Waals surface area contributed by atoms with Crippen LogP contribution in [0.2, 0.25) is 0 Å². The molecule has 0 aliphatic rings. The second kappa shape index (κ2) is 9.38. The maximum atomic E-state index is 12.7. The van der Waals surface area contributed by atoms with Gasteiger partial charge in [-0.3, -0.25) is 4.79 Å². The molecule has 2 rings (SSSR count). The molecule has 7 heteroatoms. The number of ether oxygens (including phenoxy) is 1. The average molecular weight is 369 g/mol. The van der Waals surface area contributed by atoms with E-state index in [2.05, 4.69) is 5.32 Å². The SMILES string of the molecule is CN(C)C(=O)[C@H](OC(=O)[C@H](Cc1ccccc1)NC(N)=O)c1ccccc1. The van der Waals surface area contributed by atoms with Crippen molar-refractivity contribution in [1.82, 2.24) is 10.2 Å². The highest BCUT2D eigenvalue weighted by atomic mass is 16.5. The predicted molar refractivity (Wildman–Crippen MR) is 101 cm³/mol. The van der Waals surface area contributed by atoms with Gasteiger partial charge in [0.2, 0.25) is 6.10 Å². The van der Waals surface area contributed by atoms with Gasteiger partial charge < -0.3 is 20.7 Å². The third-order valence-corrected chi connectivity index (χ3v) is 3.89. The van der Waals surface area contributed by atoms with Crippen LogP contribution < -0.4 is 11.1 Å². The minimum atomic E-state index is -1.11. The Labute approximate surface area is 158 Å². The number of likely N-dealkylation sites (N-methyl/N-ethyl adjacent to an activating group) is 1. The first kappa shape index (κ1) is 20.0. The van der Waals surface area contributed by atoms with Crippen molar-refractivity contribution >= 4 is 17.9 Å². The van der Waals surface area contributed by atoms with Gasteiger partial charge in [0.25, 0.3) is 5.91 Å². The number of esters is 1. The largest absolute Gasteiger partial charge is 0.446 e. The van der Waals surface area contributed by atoms with Crippen LogP contribution in [0, 0.1) is 0 Å². The fourth-order valence-corrected chi connectivity index (χ4v) is 2.54. The average Bonchev–Trinajstić information content (AvgIpc) is 2.66. The summed E-state index contributed by atoms with van der Waals surface area (Å²) in [6.07, 6.45) is -0.915. The predicted octanol–water partition coefficient (Wildman–Crippen LogP) is 1.64. The monoisotopic (exact) mass is 369 g/mol. The first-order valence-corrected chi connectivity index (χ1v) is 8.45. The van der Waals surface area contributed by atoms with Crippen LogP contribution in [0.15, 0.2) is 60.7 Å².